The topological polar surface area (TPSA) is 105 Å². The molecular weight excluding hydrogens is 451 g/mol. The van der Waals surface area contributed by atoms with Gasteiger partial charge < -0.3 is 20.5 Å². The van der Waals surface area contributed by atoms with Crippen molar-refractivity contribution in [1.82, 2.24) is 5.32 Å². The predicted octanol–water partition coefficient (Wildman–Crippen LogP) is 5.03. The molecule has 3 N–H and O–H groups in total. The van der Waals surface area contributed by atoms with Gasteiger partial charge in [0, 0.05) is 24.6 Å². The van der Waals surface area contributed by atoms with Gasteiger partial charge in [-0.1, -0.05) is 55.5 Å². The van der Waals surface area contributed by atoms with Crippen LogP contribution in [-0.2, 0) is 9.53 Å². The van der Waals surface area contributed by atoms with Crippen LogP contribution in [0.3, 0.4) is 0 Å². The summed E-state index contributed by atoms with van der Waals surface area (Å²) in [7, 11) is 0. The fourth-order valence-corrected chi connectivity index (χ4v) is 4.29. The number of rotatable bonds is 8. The molecule has 0 radical (unpaired) electrons. The zero-order valence-corrected chi connectivity index (χ0v) is 19.1. The van der Waals surface area contributed by atoms with Gasteiger partial charge in [0.15, 0.2) is 0 Å². The molecule has 1 atom stereocenters. The number of alkyl carbamates (subject to hydrolysis) is 1. The maximum atomic E-state index is 13.6. The zero-order chi connectivity index (χ0) is 24.9. The molecule has 4 rings (SSSR count). The number of carbonyl (C=O) groups excluding carboxylic acids is 2. The van der Waals surface area contributed by atoms with Gasteiger partial charge in [-0.05, 0) is 46.4 Å². The lowest BCUT2D eigenvalue weighted by Gasteiger charge is -2.16. The Hall–Kier alpha value is -4.20. The zero-order valence-electron chi connectivity index (χ0n) is 19.1. The Balaban J connectivity index is 1.26. The highest BCUT2D eigenvalue weighted by Gasteiger charge is 2.29. The first-order valence-corrected chi connectivity index (χ1v) is 11.2. The monoisotopic (exact) mass is 476 g/mol. The summed E-state index contributed by atoms with van der Waals surface area (Å²) in [6.07, 6.45) is -0.530. The smallest absolute Gasteiger partial charge is 0.407 e. The van der Waals surface area contributed by atoms with Crippen molar-refractivity contribution in [2.24, 2.45) is 5.92 Å². The largest absolute Gasteiger partial charge is 0.478 e. The van der Waals surface area contributed by atoms with E-state index in [2.05, 4.69) is 22.8 Å². The normalized spacial score (nSPS) is 12.9. The number of carboxylic acids is 1. The third-order valence-electron chi connectivity index (χ3n) is 5.90. The van der Waals surface area contributed by atoms with Crippen molar-refractivity contribution in [2.45, 2.75) is 19.3 Å². The number of ether oxygens (including phenoxy) is 1. The minimum atomic E-state index is -1.29. The third-order valence-corrected chi connectivity index (χ3v) is 5.90. The van der Waals surface area contributed by atoms with E-state index in [-0.39, 0.29) is 42.7 Å². The van der Waals surface area contributed by atoms with Gasteiger partial charge in [0.2, 0.25) is 5.91 Å². The molecule has 35 heavy (non-hydrogen) atoms. The Kier molecular flexibility index (Phi) is 7.10. The summed E-state index contributed by atoms with van der Waals surface area (Å²) in [5, 5.41) is 14.2. The summed E-state index contributed by atoms with van der Waals surface area (Å²) in [5.74, 6) is -2.75. The summed E-state index contributed by atoms with van der Waals surface area (Å²) in [6.45, 7) is 2.17. The van der Waals surface area contributed by atoms with Crippen LogP contribution in [0.1, 0.15) is 40.7 Å². The average Bonchev–Trinajstić information content (AvgIpc) is 3.14. The Labute approximate surface area is 201 Å². The van der Waals surface area contributed by atoms with Crippen LogP contribution in [0.2, 0.25) is 0 Å². The molecule has 180 valence electrons. The number of fused-ring (bicyclic) bond motifs is 3. The molecule has 0 fully saturated rings. The van der Waals surface area contributed by atoms with Crippen molar-refractivity contribution in [3.05, 3.63) is 89.2 Å². The van der Waals surface area contributed by atoms with E-state index >= 15 is 0 Å². The van der Waals surface area contributed by atoms with Gasteiger partial charge in [0.1, 0.15) is 12.4 Å². The molecule has 1 aliphatic carbocycles. The predicted molar refractivity (Wildman–Crippen MR) is 129 cm³/mol. The number of carbonyl (C=O) groups is 3. The number of amides is 2. The minimum absolute atomic E-state index is 0.0432. The molecule has 0 saturated heterocycles. The lowest BCUT2D eigenvalue weighted by molar-refractivity contribution is -0.116. The maximum absolute atomic E-state index is 13.6. The van der Waals surface area contributed by atoms with E-state index in [4.69, 9.17) is 9.84 Å². The fraction of sp³-hybridized carbons (Fsp3) is 0.222. The van der Waals surface area contributed by atoms with Crippen LogP contribution in [0.4, 0.5) is 14.9 Å². The summed E-state index contributed by atoms with van der Waals surface area (Å²) in [6, 6.07) is 19.2. The molecule has 8 heteroatoms. The minimum Gasteiger partial charge on any atom is -0.478 e. The van der Waals surface area contributed by atoms with E-state index in [9.17, 15) is 18.8 Å². The molecule has 0 aliphatic heterocycles. The molecule has 0 spiro atoms. The second kappa shape index (κ2) is 10.4. The maximum Gasteiger partial charge on any atom is 0.407 e. The van der Waals surface area contributed by atoms with Crippen LogP contribution in [-0.4, -0.2) is 36.2 Å². The fourth-order valence-electron chi connectivity index (χ4n) is 4.29. The highest BCUT2D eigenvalue weighted by atomic mass is 19.1. The van der Waals surface area contributed by atoms with Gasteiger partial charge in [-0.25, -0.2) is 14.0 Å². The number of benzene rings is 3. The molecule has 1 unspecified atom stereocenters. The number of carboxylic acid groups (broad SMARTS) is 1. The molecule has 7 nitrogen and oxygen atoms in total. The van der Waals surface area contributed by atoms with Crippen molar-refractivity contribution >= 4 is 23.7 Å². The molecule has 0 heterocycles. The average molecular weight is 477 g/mol. The van der Waals surface area contributed by atoms with E-state index in [1.165, 1.54) is 6.07 Å². The number of anilines is 1. The summed E-state index contributed by atoms with van der Waals surface area (Å²) in [5.41, 5.74) is 4.33. The van der Waals surface area contributed by atoms with Crippen molar-refractivity contribution in [3.63, 3.8) is 0 Å². The van der Waals surface area contributed by atoms with Crippen molar-refractivity contribution in [1.29, 1.82) is 0 Å². The van der Waals surface area contributed by atoms with Gasteiger partial charge >= 0.3 is 12.1 Å². The number of halogens is 1. The van der Waals surface area contributed by atoms with Crippen LogP contribution in [0.15, 0.2) is 66.7 Å². The van der Waals surface area contributed by atoms with E-state index < -0.39 is 23.8 Å². The van der Waals surface area contributed by atoms with Gasteiger partial charge in [-0.15, -0.1) is 0 Å². The Bertz CT molecular complexity index is 1230. The van der Waals surface area contributed by atoms with E-state index in [0.29, 0.717) is 0 Å². The number of aromatic carboxylic acids is 1. The van der Waals surface area contributed by atoms with Crippen molar-refractivity contribution in [3.8, 4) is 11.1 Å². The Morgan fingerprint density at radius 2 is 1.63 bits per heavy atom. The van der Waals surface area contributed by atoms with Gasteiger partial charge in [0.25, 0.3) is 0 Å². The first-order valence-electron chi connectivity index (χ1n) is 11.2. The van der Waals surface area contributed by atoms with E-state index in [0.717, 1.165) is 34.4 Å². The second-order valence-electron chi connectivity index (χ2n) is 8.60. The van der Waals surface area contributed by atoms with Gasteiger partial charge in [-0.2, -0.15) is 0 Å². The summed E-state index contributed by atoms with van der Waals surface area (Å²) >= 11 is 0. The molecule has 1 aliphatic rings. The standard InChI is InChI=1S/C27H25FN2O5/c1-16(10-25(31)30-19-12-17(26(32)33)11-18(28)13-19)14-29-27(34)35-15-24-22-8-4-2-6-20(22)21-7-3-5-9-23(21)24/h2-9,11-13,16,24H,10,14-15H2,1H3,(H,29,34)(H,30,31)(H,32,33). The van der Waals surface area contributed by atoms with Crippen LogP contribution >= 0.6 is 0 Å². The van der Waals surface area contributed by atoms with E-state index in [1.54, 1.807) is 6.92 Å². The number of hydrogen-bond acceptors (Lipinski definition) is 4. The van der Waals surface area contributed by atoms with Crippen LogP contribution < -0.4 is 10.6 Å². The van der Waals surface area contributed by atoms with Gasteiger partial charge in [-0.3, -0.25) is 4.79 Å². The molecule has 3 aromatic rings. The summed E-state index contributed by atoms with van der Waals surface area (Å²) in [4.78, 5) is 35.6. The quantitative estimate of drug-likeness (QED) is 0.423. The lowest BCUT2D eigenvalue weighted by atomic mass is 9.98. The van der Waals surface area contributed by atoms with Crippen LogP contribution in [0.25, 0.3) is 11.1 Å². The van der Waals surface area contributed by atoms with E-state index in [1.807, 2.05) is 36.4 Å². The molecule has 2 amide bonds. The Morgan fingerprint density at radius 3 is 2.26 bits per heavy atom. The third kappa shape index (κ3) is 5.66. The first kappa shape index (κ1) is 23.9. The molecule has 0 aromatic heterocycles. The second-order valence-corrected chi connectivity index (χ2v) is 8.60. The highest BCUT2D eigenvalue weighted by molar-refractivity contribution is 5.94. The summed E-state index contributed by atoms with van der Waals surface area (Å²) < 4.78 is 19.1. The lowest BCUT2D eigenvalue weighted by Crippen LogP contribution is -2.31. The first-order chi connectivity index (χ1) is 16.8. The Morgan fingerprint density at radius 1 is 1.00 bits per heavy atom. The van der Waals surface area contributed by atoms with Gasteiger partial charge in [0.05, 0.1) is 5.56 Å². The number of nitrogens with one attached hydrogen (secondary N) is 2. The van der Waals surface area contributed by atoms with Crippen LogP contribution in [0, 0.1) is 11.7 Å². The van der Waals surface area contributed by atoms with Crippen molar-refractivity contribution in [2.75, 3.05) is 18.5 Å². The molecule has 3 aromatic carbocycles. The molecular formula is C27H25FN2O5. The van der Waals surface area contributed by atoms with Crippen molar-refractivity contribution < 1.29 is 28.6 Å². The molecule has 0 bridgehead atoms. The number of hydrogen-bond donors (Lipinski definition) is 3. The SMILES string of the molecule is CC(CNC(=O)OCC1c2ccccc2-c2ccccc21)CC(=O)Nc1cc(F)cc(C(=O)O)c1. The molecule has 0 saturated carbocycles. The van der Waals surface area contributed by atoms with Crippen LogP contribution in [0.5, 0.6) is 0 Å². The highest BCUT2D eigenvalue weighted by Crippen LogP contribution is 2.44.